The summed E-state index contributed by atoms with van der Waals surface area (Å²) >= 11 is 1.88. The van der Waals surface area contributed by atoms with Crippen LogP contribution in [0.1, 0.15) is 42.0 Å². The molecule has 2 heterocycles. The SMILES string of the molecule is CCCCOCCCNC(=NC)NCC(c1ccc(C)s1)N1CCOCC1.I. The first-order chi connectivity index (χ1) is 13.2. The smallest absolute Gasteiger partial charge is 0.191 e. The van der Waals surface area contributed by atoms with Gasteiger partial charge in [-0.15, -0.1) is 35.3 Å². The fraction of sp³-hybridized carbons (Fsp3) is 0.750. The first-order valence-electron chi connectivity index (χ1n) is 10.1. The highest BCUT2D eigenvalue weighted by molar-refractivity contribution is 14.0. The lowest BCUT2D eigenvalue weighted by molar-refractivity contribution is 0.0177. The zero-order valence-corrected chi connectivity index (χ0v) is 20.7. The van der Waals surface area contributed by atoms with Gasteiger partial charge in [-0.2, -0.15) is 0 Å². The van der Waals surface area contributed by atoms with Crippen molar-refractivity contribution < 1.29 is 9.47 Å². The number of thiophene rings is 1. The third-order valence-electron chi connectivity index (χ3n) is 4.66. The van der Waals surface area contributed by atoms with Crippen LogP contribution >= 0.6 is 35.3 Å². The summed E-state index contributed by atoms with van der Waals surface area (Å²) in [4.78, 5) is 9.64. The van der Waals surface area contributed by atoms with Gasteiger partial charge in [-0.1, -0.05) is 13.3 Å². The van der Waals surface area contributed by atoms with Gasteiger partial charge < -0.3 is 20.1 Å². The van der Waals surface area contributed by atoms with Crippen LogP contribution < -0.4 is 10.6 Å². The van der Waals surface area contributed by atoms with E-state index in [0.717, 1.165) is 71.4 Å². The standard InChI is InChI=1S/C20H36N4O2S.HI/c1-4-5-12-25-13-6-9-22-20(21-3)23-16-18(19-8-7-17(2)27-19)24-10-14-26-15-11-24;/h7-8,18H,4-6,9-16H2,1-3H3,(H2,21,22,23);1H. The number of unbranched alkanes of at least 4 members (excludes halogenated alkanes) is 1. The van der Waals surface area contributed by atoms with Crippen LogP contribution in [0.15, 0.2) is 17.1 Å². The number of aliphatic imine (C=N–C) groups is 1. The predicted molar refractivity (Wildman–Crippen MR) is 129 cm³/mol. The maximum Gasteiger partial charge on any atom is 0.191 e. The van der Waals surface area contributed by atoms with Crippen molar-refractivity contribution in [2.45, 2.75) is 39.2 Å². The van der Waals surface area contributed by atoms with Crippen molar-refractivity contribution in [2.75, 3.05) is 59.7 Å². The van der Waals surface area contributed by atoms with E-state index in [1.807, 2.05) is 18.4 Å². The van der Waals surface area contributed by atoms with Gasteiger partial charge in [-0.3, -0.25) is 9.89 Å². The molecule has 0 bridgehead atoms. The van der Waals surface area contributed by atoms with Crippen molar-refractivity contribution in [3.8, 4) is 0 Å². The van der Waals surface area contributed by atoms with Crippen LogP contribution in [0.4, 0.5) is 0 Å². The number of nitrogens with zero attached hydrogens (tertiary/aromatic N) is 2. The third kappa shape index (κ3) is 9.39. The summed E-state index contributed by atoms with van der Waals surface area (Å²) in [6.07, 6.45) is 3.31. The molecule has 162 valence electrons. The molecule has 6 nitrogen and oxygen atoms in total. The van der Waals surface area contributed by atoms with Gasteiger partial charge >= 0.3 is 0 Å². The Kier molecular flexibility index (Phi) is 14.1. The Labute approximate surface area is 191 Å². The molecule has 0 aromatic carbocycles. The van der Waals surface area contributed by atoms with Crippen molar-refractivity contribution in [3.63, 3.8) is 0 Å². The lowest BCUT2D eigenvalue weighted by Crippen LogP contribution is -2.46. The van der Waals surface area contributed by atoms with Gasteiger partial charge in [-0.05, 0) is 31.9 Å². The van der Waals surface area contributed by atoms with E-state index in [2.05, 4.69) is 46.5 Å². The molecule has 1 unspecified atom stereocenters. The molecule has 2 rings (SSSR count). The summed E-state index contributed by atoms with van der Waals surface area (Å²) in [6, 6.07) is 4.81. The molecule has 1 saturated heterocycles. The number of guanidine groups is 1. The van der Waals surface area contributed by atoms with Crippen LogP contribution in [0.3, 0.4) is 0 Å². The van der Waals surface area contributed by atoms with E-state index in [0.29, 0.717) is 6.04 Å². The third-order valence-corrected chi connectivity index (χ3v) is 5.76. The Bertz CT molecular complexity index is 550. The Hall–Kier alpha value is -0.420. The molecule has 1 atom stereocenters. The van der Waals surface area contributed by atoms with E-state index in [9.17, 15) is 0 Å². The zero-order chi connectivity index (χ0) is 19.3. The quantitative estimate of drug-likeness (QED) is 0.201. The van der Waals surface area contributed by atoms with E-state index in [1.54, 1.807) is 0 Å². The first-order valence-corrected chi connectivity index (χ1v) is 11.0. The highest BCUT2D eigenvalue weighted by Crippen LogP contribution is 2.27. The van der Waals surface area contributed by atoms with E-state index in [4.69, 9.17) is 9.47 Å². The number of hydrogen-bond acceptors (Lipinski definition) is 5. The summed E-state index contributed by atoms with van der Waals surface area (Å²) in [5.41, 5.74) is 0. The van der Waals surface area contributed by atoms with Crippen LogP contribution in [0.5, 0.6) is 0 Å². The van der Waals surface area contributed by atoms with Gasteiger partial charge in [0.05, 0.1) is 19.3 Å². The Balaban J connectivity index is 0.00000392. The molecule has 1 aromatic heterocycles. The second kappa shape index (κ2) is 15.4. The van der Waals surface area contributed by atoms with Gasteiger partial charge in [-0.25, -0.2) is 0 Å². The van der Waals surface area contributed by atoms with Crippen LogP contribution in [0.2, 0.25) is 0 Å². The summed E-state index contributed by atoms with van der Waals surface area (Å²) < 4.78 is 11.1. The van der Waals surface area contributed by atoms with Gasteiger partial charge in [0.1, 0.15) is 0 Å². The van der Waals surface area contributed by atoms with Crippen LogP contribution in [0, 0.1) is 6.92 Å². The van der Waals surface area contributed by atoms with Crippen LogP contribution in [-0.2, 0) is 9.47 Å². The lowest BCUT2D eigenvalue weighted by Gasteiger charge is -2.34. The maximum absolute atomic E-state index is 5.61. The van der Waals surface area contributed by atoms with E-state index >= 15 is 0 Å². The second-order valence-electron chi connectivity index (χ2n) is 6.81. The minimum Gasteiger partial charge on any atom is -0.381 e. The number of halogens is 1. The Morgan fingerprint density at radius 1 is 1.25 bits per heavy atom. The topological polar surface area (TPSA) is 58.1 Å². The molecule has 0 saturated carbocycles. The molecule has 1 fully saturated rings. The van der Waals surface area contributed by atoms with Crippen molar-refractivity contribution in [1.82, 2.24) is 15.5 Å². The number of rotatable bonds is 11. The molecule has 0 radical (unpaired) electrons. The largest absolute Gasteiger partial charge is 0.381 e. The molecule has 0 aliphatic carbocycles. The second-order valence-corrected chi connectivity index (χ2v) is 8.13. The Morgan fingerprint density at radius 2 is 2.00 bits per heavy atom. The fourth-order valence-electron chi connectivity index (χ4n) is 3.07. The summed E-state index contributed by atoms with van der Waals surface area (Å²) in [6.45, 7) is 11.3. The number of morpholine rings is 1. The molecule has 28 heavy (non-hydrogen) atoms. The van der Waals surface area contributed by atoms with Gasteiger partial charge in [0.15, 0.2) is 5.96 Å². The van der Waals surface area contributed by atoms with Crippen molar-refractivity contribution >= 4 is 41.3 Å². The zero-order valence-electron chi connectivity index (χ0n) is 17.5. The monoisotopic (exact) mass is 524 g/mol. The molecule has 0 spiro atoms. The van der Waals surface area contributed by atoms with E-state index in [-0.39, 0.29) is 24.0 Å². The number of nitrogens with one attached hydrogen (secondary N) is 2. The first kappa shape index (κ1) is 25.6. The van der Waals surface area contributed by atoms with Gasteiger partial charge in [0.25, 0.3) is 0 Å². The minimum atomic E-state index is 0. The predicted octanol–water partition coefficient (Wildman–Crippen LogP) is 3.42. The summed E-state index contributed by atoms with van der Waals surface area (Å²) in [7, 11) is 1.83. The van der Waals surface area contributed by atoms with E-state index in [1.165, 1.54) is 16.2 Å². The molecule has 2 N–H and O–H groups in total. The van der Waals surface area contributed by atoms with Crippen molar-refractivity contribution in [3.05, 3.63) is 21.9 Å². The Morgan fingerprint density at radius 3 is 2.64 bits per heavy atom. The van der Waals surface area contributed by atoms with Gasteiger partial charge in [0, 0.05) is 56.2 Å². The molecule has 1 aliphatic heterocycles. The van der Waals surface area contributed by atoms with Crippen LogP contribution in [0.25, 0.3) is 0 Å². The normalized spacial score (nSPS) is 16.5. The average Bonchev–Trinajstić information content (AvgIpc) is 3.12. The maximum atomic E-state index is 5.61. The molecule has 1 aromatic rings. The lowest BCUT2D eigenvalue weighted by atomic mass is 10.2. The van der Waals surface area contributed by atoms with Crippen molar-refractivity contribution in [2.24, 2.45) is 4.99 Å². The molecular weight excluding hydrogens is 487 g/mol. The fourth-order valence-corrected chi connectivity index (χ4v) is 4.09. The molecule has 8 heteroatoms. The van der Waals surface area contributed by atoms with Crippen molar-refractivity contribution in [1.29, 1.82) is 0 Å². The van der Waals surface area contributed by atoms with Crippen LogP contribution in [-0.4, -0.2) is 70.5 Å². The summed E-state index contributed by atoms with van der Waals surface area (Å²) in [5.74, 6) is 0.857. The van der Waals surface area contributed by atoms with Gasteiger partial charge in [0.2, 0.25) is 0 Å². The number of hydrogen-bond donors (Lipinski definition) is 2. The molecular formula is C20H37IN4O2S. The number of aryl methyl sites for hydroxylation is 1. The average molecular weight is 525 g/mol. The van der Waals surface area contributed by atoms with E-state index < -0.39 is 0 Å². The molecule has 1 aliphatic rings. The highest BCUT2D eigenvalue weighted by Gasteiger charge is 2.24. The number of ether oxygens (including phenoxy) is 2. The minimum absolute atomic E-state index is 0. The molecule has 0 amide bonds. The summed E-state index contributed by atoms with van der Waals surface area (Å²) in [5, 5.41) is 6.90. The highest BCUT2D eigenvalue weighted by atomic mass is 127.